The predicted molar refractivity (Wildman–Crippen MR) is 95.2 cm³/mol. The van der Waals surface area contributed by atoms with Gasteiger partial charge in [-0.2, -0.15) is 5.10 Å². The Hall–Kier alpha value is -2.05. The molecule has 134 valence electrons. The standard InChI is InChI=1S/C18H22ClN3O3/c1-12-7-13(2)22(20-12)16-5-6-21(10-16)9-14-8-15(19)3-4-17(14)25-11-18(23)24/h3-4,7-8,16H,5-6,9-11H2,1-2H3,(H,23,24)/t16-/m0/s1. The molecule has 1 aliphatic heterocycles. The number of rotatable bonds is 6. The van der Waals surface area contributed by atoms with Crippen molar-refractivity contribution in [2.45, 2.75) is 32.9 Å². The number of hydrogen-bond donors (Lipinski definition) is 1. The number of likely N-dealkylation sites (tertiary alicyclic amines) is 1. The van der Waals surface area contributed by atoms with Crippen molar-refractivity contribution in [2.24, 2.45) is 0 Å². The molecule has 2 aromatic rings. The summed E-state index contributed by atoms with van der Waals surface area (Å²) in [5.41, 5.74) is 3.12. The van der Waals surface area contributed by atoms with E-state index in [1.807, 2.05) is 13.0 Å². The Morgan fingerprint density at radius 2 is 2.20 bits per heavy atom. The molecule has 1 aromatic heterocycles. The molecule has 25 heavy (non-hydrogen) atoms. The molecular formula is C18H22ClN3O3. The number of aromatic nitrogens is 2. The molecule has 3 rings (SSSR count). The monoisotopic (exact) mass is 363 g/mol. The second-order valence-corrected chi connectivity index (χ2v) is 6.92. The number of nitrogens with zero attached hydrogens (tertiary/aromatic N) is 3. The fourth-order valence-corrected chi connectivity index (χ4v) is 3.56. The van der Waals surface area contributed by atoms with E-state index in [9.17, 15) is 4.79 Å². The highest BCUT2D eigenvalue weighted by Gasteiger charge is 2.26. The number of ether oxygens (including phenoxy) is 1. The molecule has 7 heteroatoms. The summed E-state index contributed by atoms with van der Waals surface area (Å²) in [5.74, 6) is -0.423. The van der Waals surface area contributed by atoms with Gasteiger partial charge in [0.05, 0.1) is 11.7 Å². The number of halogens is 1. The fourth-order valence-electron chi connectivity index (χ4n) is 3.36. The molecule has 0 saturated carbocycles. The lowest BCUT2D eigenvalue weighted by Gasteiger charge is -2.19. The molecule has 2 heterocycles. The minimum absolute atomic E-state index is 0.358. The van der Waals surface area contributed by atoms with Crippen LogP contribution >= 0.6 is 11.6 Å². The number of carboxylic acid groups (broad SMARTS) is 1. The van der Waals surface area contributed by atoms with Crippen molar-refractivity contribution in [3.8, 4) is 5.75 Å². The summed E-state index contributed by atoms with van der Waals surface area (Å²) < 4.78 is 7.50. The minimum atomic E-state index is -0.994. The molecule has 0 bridgehead atoms. The lowest BCUT2D eigenvalue weighted by Crippen LogP contribution is -2.22. The van der Waals surface area contributed by atoms with E-state index in [1.54, 1.807) is 12.1 Å². The van der Waals surface area contributed by atoms with Crippen molar-refractivity contribution in [3.63, 3.8) is 0 Å². The van der Waals surface area contributed by atoms with Gasteiger partial charge in [-0.15, -0.1) is 0 Å². The Bertz CT molecular complexity index is 775. The number of carboxylic acids is 1. The van der Waals surface area contributed by atoms with Crippen molar-refractivity contribution in [3.05, 3.63) is 46.2 Å². The maximum atomic E-state index is 10.8. The maximum absolute atomic E-state index is 10.8. The van der Waals surface area contributed by atoms with Gasteiger partial charge in [0.1, 0.15) is 5.75 Å². The van der Waals surface area contributed by atoms with Crippen LogP contribution in [0.4, 0.5) is 0 Å². The first-order valence-corrected chi connectivity index (χ1v) is 8.68. The molecule has 1 N–H and O–H groups in total. The van der Waals surface area contributed by atoms with Crippen LogP contribution in [0.25, 0.3) is 0 Å². The van der Waals surface area contributed by atoms with Crippen molar-refractivity contribution in [1.82, 2.24) is 14.7 Å². The second kappa shape index (κ2) is 7.45. The summed E-state index contributed by atoms with van der Waals surface area (Å²) in [6, 6.07) is 7.74. The molecule has 1 aromatic carbocycles. The van der Waals surface area contributed by atoms with Crippen LogP contribution in [0.1, 0.15) is 29.4 Å². The van der Waals surface area contributed by atoms with E-state index in [0.29, 0.717) is 23.4 Å². The van der Waals surface area contributed by atoms with Crippen molar-refractivity contribution >= 4 is 17.6 Å². The average Bonchev–Trinajstić information content (AvgIpc) is 3.12. The average molecular weight is 364 g/mol. The van der Waals surface area contributed by atoms with Gasteiger partial charge >= 0.3 is 5.97 Å². The van der Waals surface area contributed by atoms with Gasteiger partial charge in [-0.25, -0.2) is 4.79 Å². The van der Waals surface area contributed by atoms with Crippen molar-refractivity contribution in [1.29, 1.82) is 0 Å². The summed E-state index contributed by atoms with van der Waals surface area (Å²) in [6.07, 6.45) is 1.04. The topological polar surface area (TPSA) is 67.6 Å². The van der Waals surface area contributed by atoms with Crippen LogP contribution in [0.3, 0.4) is 0 Å². The van der Waals surface area contributed by atoms with Crippen LogP contribution in [0.2, 0.25) is 5.02 Å². The van der Waals surface area contributed by atoms with Crippen molar-refractivity contribution < 1.29 is 14.6 Å². The van der Waals surface area contributed by atoms with Gasteiger partial charge < -0.3 is 9.84 Å². The first kappa shape index (κ1) is 17.8. The van der Waals surface area contributed by atoms with Gasteiger partial charge in [0.2, 0.25) is 0 Å². The lowest BCUT2D eigenvalue weighted by molar-refractivity contribution is -0.139. The largest absolute Gasteiger partial charge is 0.482 e. The third kappa shape index (κ3) is 4.32. The van der Waals surface area contributed by atoms with Crippen LogP contribution in [0.5, 0.6) is 5.75 Å². The summed E-state index contributed by atoms with van der Waals surface area (Å²) in [4.78, 5) is 13.1. The Kier molecular flexibility index (Phi) is 5.30. The first-order valence-electron chi connectivity index (χ1n) is 8.30. The number of hydrogen-bond acceptors (Lipinski definition) is 4. The zero-order valence-electron chi connectivity index (χ0n) is 14.4. The summed E-state index contributed by atoms with van der Waals surface area (Å²) in [5, 5.41) is 14.0. The summed E-state index contributed by atoms with van der Waals surface area (Å²) >= 11 is 6.11. The smallest absolute Gasteiger partial charge is 0.341 e. The number of carbonyl (C=O) groups is 1. The quantitative estimate of drug-likeness (QED) is 0.854. The third-order valence-corrected chi connectivity index (χ3v) is 4.64. The zero-order chi connectivity index (χ0) is 18.0. The number of benzene rings is 1. The van der Waals surface area contributed by atoms with E-state index >= 15 is 0 Å². The van der Waals surface area contributed by atoms with Crippen LogP contribution in [0, 0.1) is 13.8 Å². The maximum Gasteiger partial charge on any atom is 0.341 e. The Labute approximate surface area is 152 Å². The second-order valence-electron chi connectivity index (χ2n) is 6.48. The van der Waals surface area contributed by atoms with Crippen LogP contribution in [0.15, 0.2) is 24.3 Å². The molecule has 1 fully saturated rings. The first-order chi connectivity index (χ1) is 11.9. The normalized spacial score (nSPS) is 17.8. The SMILES string of the molecule is Cc1cc(C)n([C@H]2CCN(Cc3cc(Cl)ccc3OCC(=O)O)C2)n1. The van der Waals surface area contributed by atoms with Gasteiger partial charge in [0, 0.05) is 35.9 Å². The molecule has 0 amide bonds. The highest BCUT2D eigenvalue weighted by atomic mass is 35.5. The van der Waals surface area contributed by atoms with Gasteiger partial charge in [0.25, 0.3) is 0 Å². The van der Waals surface area contributed by atoms with Gasteiger partial charge in [-0.05, 0) is 44.5 Å². The molecule has 1 atom stereocenters. The highest BCUT2D eigenvalue weighted by molar-refractivity contribution is 6.30. The Morgan fingerprint density at radius 3 is 2.88 bits per heavy atom. The fraction of sp³-hybridized carbons (Fsp3) is 0.444. The van der Waals surface area contributed by atoms with Crippen molar-refractivity contribution in [2.75, 3.05) is 19.7 Å². The lowest BCUT2D eigenvalue weighted by atomic mass is 10.2. The predicted octanol–water partition coefficient (Wildman–Crippen LogP) is 3.06. The Morgan fingerprint density at radius 1 is 1.40 bits per heavy atom. The van der Waals surface area contributed by atoms with Crippen LogP contribution in [-0.4, -0.2) is 45.5 Å². The molecule has 0 spiro atoms. The molecule has 0 aliphatic carbocycles. The third-order valence-electron chi connectivity index (χ3n) is 4.41. The van der Waals surface area contributed by atoms with E-state index in [4.69, 9.17) is 21.4 Å². The molecular weight excluding hydrogens is 342 g/mol. The van der Waals surface area contributed by atoms with E-state index in [1.165, 1.54) is 5.69 Å². The zero-order valence-corrected chi connectivity index (χ0v) is 15.2. The van der Waals surface area contributed by atoms with E-state index in [2.05, 4.69) is 27.7 Å². The molecule has 0 radical (unpaired) electrons. The van der Waals surface area contributed by atoms with Gasteiger partial charge in [-0.3, -0.25) is 9.58 Å². The molecule has 6 nitrogen and oxygen atoms in total. The molecule has 0 unspecified atom stereocenters. The van der Waals surface area contributed by atoms with Crippen LogP contribution < -0.4 is 4.74 Å². The number of aryl methyl sites for hydroxylation is 2. The summed E-state index contributed by atoms with van der Waals surface area (Å²) in [6.45, 7) is 6.25. The van der Waals surface area contributed by atoms with E-state index in [-0.39, 0.29) is 6.61 Å². The van der Waals surface area contributed by atoms with E-state index in [0.717, 1.165) is 30.8 Å². The minimum Gasteiger partial charge on any atom is -0.482 e. The van der Waals surface area contributed by atoms with Gasteiger partial charge in [0.15, 0.2) is 6.61 Å². The molecule has 1 saturated heterocycles. The highest BCUT2D eigenvalue weighted by Crippen LogP contribution is 2.29. The van der Waals surface area contributed by atoms with E-state index < -0.39 is 5.97 Å². The molecule has 1 aliphatic rings. The Balaban J connectivity index is 1.69. The summed E-state index contributed by atoms with van der Waals surface area (Å²) in [7, 11) is 0. The van der Waals surface area contributed by atoms with Crippen LogP contribution in [-0.2, 0) is 11.3 Å². The number of aliphatic carboxylic acids is 1. The van der Waals surface area contributed by atoms with Gasteiger partial charge in [-0.1, -0.05) is 11.6 Å².